The van der Waals surface area contributed by atoms with Crippen molar-refractivity contribution in [3.63, 3.8) is 0 Å². The molecule has 0 saturated carbocycles. The Morgan fingerprint density at radius 1 is 0.247 bits per heavy atom. The van der Waals surface area contributed by atoms with Crippen molar-refractivity contribution in [3.8, 4) is 0 Å². The summed E-state index contributed by atoms with van der Waals surface area (Å²) in [5.41, 5.74) is 0. The van der Waals surface area contributed by atoms with Gasteiger partial charge in [0.25, 0.3) is 0 Å². The summed E-state index contributed by atoms with van der Waals surface area (Å²) in [5.74, 6) is 0. The van der Waals surface area contributed by atoms with Gasteiger partial charge in [0.2, 0.25) is 0 Å². The fourth-order valence-corrected chi connectivity index (χ4v) is 39.9. The molecular weight excluding hydrogens is 1170 g/mol. The minimum atomic E-state index is -5.36. The van der Waals surface area contributed by atoms with Crippen LogP contribution in [0.4, 0.5) is 0 Å². The average Bonchev–Trinajstić information content (AvgIpc) is 0.755. The van der Waals surface area contributed by atoms with E-state index >= 15 is 4.57 Å². The van der Waals surface area contributed by atoms with E-state index in [1.54, 1.807) is 0 Å². The SMILES string of the molecule is CCN(CC)CCCCP(OP(=O)(OP(CCCCN(CC)CC)(c1ccccc1)(c1ccccc1)c1ccccc1)OP(CCCCN(CC)CC)(c1ccccc1)(c1ccccc1)c1ccccc1)(c1ccccc1)(c1ccccc1)c1ccccc1. The first kappa shape index (κ1) is 67.6. The van der Waals surface area contributed by atoms with Crippen LogP contribution in [0.2, 0.25) is 0 Å². The zero-order chi connectivity index (χ0) is 62.4. The first-order valence-corrected chi connectivity index (χ1v) is 41.5. The number of hydrogen-bond acceptors (Lipinski definition) is 7. The molecule has 470 valence electrons. The van der Waals surface area contributed by atoms with E-state index in [1.165, 1.54) is 0 Å². The summed E-state index contributed by atoms with van der Waals surface area (Å²) in [6, 6.07) is 97.6. The molecule has 0 aliphatic carbocycles. The molecule has 0 aliphatic rings. The van der Waals surface area contributed by atoms with Crippen molar-refractivity contribution in [2.75, 3.05) is 77.4 Å². The van der Waals surface area contributed by atoms with Crippen molar-refractivity contribution in [2.24, 2.45) is 0 Å². The van der Waals surface area contributed by atoms with Gasteiger partial charge in [-0.15, -0.1) is 0 Å². The Hall–Kier alpha value is -5.74. The molecule has 0 aromatic heterocycles. The molecule has 7 nitrogen and oxygen atoms in total. The predicted octanol–water partition coefficient (Wildman–Crippen LogP) is 15.8. The zero-order valence-corrected chi connectivity index (χ0v) is 57.5. The second-order valence-corrected chi connectivity index (χ2v) is 39.8. The van der Waals surface area contributed by atoms with Crippen LogP contribution < -0.4 is 47.7 Å². The summed E-state index contributed by atoms with van der Waals surface area (Å²) in [5, 5.41) is 8.65. The summed E-state index contributed by atoms with van der Waals surface area (Å²) in [6.07, 6.45) is 6.47. The molecule has 0 aliphatic heterocycles. The van der Waals surface area contributed by atoms with Crippen LogP contribution in [-0.4, -0.2) is 92.1 Å². The third-order valence-electron chi connectivity index (χ3n) is 19.2. The molecule has 9 aromatic rings. The zero-order valence-electron chi connectivity index (χ0n) is 54.0. The van der Waals surface area contributed by atoms with Gasteiger partial charge in [-0.1, -0.05) is 0 Å². The molecule has 0 heterocycles. The number of phosphoric acid groups is 1. The Labute approximate surface area is 535 Å². The Kier molecular flexibility index (Phi) is 23.6. The molecule has 0 radical (unpaired) electrons. The standard InChI is InChI=1S/C78H99N3O4P4/c1-7-79(8-2)64-40-43-67-87(70-46-22-13-23-47-70,71-48-24-14-25-49-71,72-50-26-15-27-51-72)83-86(82,84-88(73-52-28-16-29-53-73,74-54-30-17-31-55-74,75-56-32-18-33-57-75)68-44-41-65-80(9-3)10-4)85-89(76-58-34-19-35-59-76,77-60-36-20-37-61-77,78-62-38-21-39-63-78)69-45-42-66-81(11-5)12-6/h13-39,46-63H,7-12,40-45,64-69H2,1-6H3. The Morgan fingerprint density at radius 3 is 0.528 bits per heavy atom. The van der Waals surface area contributed by atoms with Gasteiger partial charge in [-0.05, 0) is 0 Å². The first-order chi connectivity index (χ1) is 43.5. The van der Waals surface area contributed by atoms with E-state index in [0.717, 1.165) is 145 Å². The molecule has 0 spiro atoms. The molecule has 0 amide bonds. The topological polar surface area (TPSA) is 54.5 Å². The number of benzene rings is 9. The summed E-state index contributed by atoms with van der Waals surface area (Å²) < 4.78 is 47.8. The van der Waals surface area contributed by atoms with E-state index in [1.807, 2.05) is 0 Å². The normalized spacial score (nSPS) is 14.3. The molecule has 9 aromatic carbocycles. The van der Waals surface area contributed by atoms with Crippen molar-refractivity contribution >= 4 is 76.1 Å². The Balaban J connectivity index is 1.53. The second kappa shape index (κ2) is 31.1. The van der Waals surface area contributed by atoms with E-state index in [9.17, 15) is 0 Å². The van der Waals surface area contributed by atoms with Gasteiger partial charge in [-0.25, -0.2) is 0 Å². The molecule has 11 heteroatoms. The first-order valence-electron chi connectivity index (χ1n) is 33.0. The summed E-state index contributed by atoms with van der Waals surface area (Å²) >= 11 is 0. The van der Waals surface area contributed by atoms with Gasteiger partial charge >= 0.3 is 539 Å². The fraction of sp³-hybridized carbons (Fsp3) is 0.308. The molecule has 0 bridgehead atoms. The van der Waals surface area contributed by atoms with Crippen molar-refractivity contribution in [3.05, 3.63) is 273 Å². The van der Waals surface area contributed by atoms with Crippen LogP contribution in [0.5, 0.6) is 0 Å². The Morgan fingerprint density at radius 2 is 0.393 bits per heavy atom. The van der Waals surface area contributed by atoms with Crippen LogP contribution in [0.15, 0.2) is 273 Å². The fourth-order valence-electron chi connectivity index (χ4n) is 14.3. The molecule has 0 unspecified atom stereocenters. The van der Waals surface area contributed by atoms with Gasteiger partial charge in [-0.2, -0.15) is 0 Å². The van der Waals surface area contributed by atoms with E-state index in [0.29, 0.717) is 18.5 Å². The Bertz CT molecular complexity index is 2870. The van der Waals surface area contributed by atoms with Gasteiger partial charge in [-0.3, -0.25) is 0 Å². The maximum absolute atomic E-state index is 20.3. The van der Waals surface area contributed by atoms with E-state index < -0.39 is 28.3 Å². The molecule has 0 fully saturated rings. The third-order valence-corrected chi connectivity index (χ3v) is 41.9. The van der Waals surface area contributed by atoms with Gasteiger partial charge < -0.3 is 0 Å². The molecule has 0 N–H and O–H groups in total. The number of nitrogens with zero attached hydrogens (tertiary/aromatic N) is 3. The van der Waals surface area contributed by atoms with E-state index in [-0.39, 0.29) is 0 Å². The number of hydrogen-bond donors (Lipinski definition) is 0. The second-order valence-electron chi connectivity index (χ2n) is 23.7. The summed E-state index contributed by atoms with van der Waals surface area (Å²) in [7, 11) is -5.36. The molecule has 0 atom stereocenters. The van der Waals surface area contributed by atoms with Crippen LogP contribution in [0, 0.1) is 0 Å². The summed E-state index contributed by atoms with van der Waals surface area (Å²) in [6.45, 7) is 7.58. The van der Waals surface area contributed by atoms with E-state index in [2.05, 4.69) is 329 Å². The number of rotatable bonds is 36. The predicted molar refractivity (Wildman–Crippen MR) is 392 cm³/mol. The molecule has 89 heavy (non-hydrogen) atoms. The molecule has 9 rings (SSSR count). The van der Waals surface area contributed by atoms with Crippen molar-refractivity contribution < 1.29 is 17.5 Å². The van der Waals surface area contributed by atoms with Crippen LogP contribution in [0.3, 0.4) is 0 Å². The van der Waals surface area contributed by atoms with Crippen LogP contribution >= 0.6 is 28.3 Å². The van der Waals surface area contributed by atoms with Gasteiger partial charge in [0.15, 0.2) is 0 Å². The third kappa shape index (κ3) is 13.5. The van der Waals surface area contributed by atoms with Crippen molar-refractivity contribution in [1.82, 2.24) is 14.7 Å². The quantitative estimate of drug-likeness (QED) is 0.0286. The van der Waals surface area contributed by atoms with Gasteiger partial charge in [0.1, 0.15) is 0 Å². The van der Waals surface area contributed by atoms with Gasteiger partial charge in [0, 0.05) is 0 Å². The summed E-state index contributed by atoms with van der Waals surface area (Å²) in [4.78, 5) is 7.52. The van der Waals surface area contributed by atoms with Crippen LogP contribution in [-0.2, 0) is 17.5 Å². The van der Waals surface area contributed by atoms with Crippen molar-refractivity contribution in [1.29, 1.82) is 0 Å². The number of unbranched alkanes of at least 4 members (excludes halogenated alkanes) is 3. The van der Waals surface area contributed by atoms with Gasteiger partial charge in [0.05, 0.1) is 0 Å². The van der Waals surface area contributed by atoms with Crippen LogP contribution in [0.25, 0.3) is 0 Å². The minimum absolute atomic E-state index is 0.519. The van der Waals surface area contributed by atoms with Crippen LogP contribution in [0.1, 0.15) is 80.1 Å². The molecular formula is C78H99N3O4P4. The average molecular weight is 1270 g/mol. The van der Waals surface area contributed by atoms with Crippen molar-refractivity contribution in [2.45, 2.75) is 80.1 Å². The maximum atomic E-state index is 20.3. The monoisotopic (exact) mass is 1270 g/mol. The molecule has 0 saturated heterocycles. The van der Waals surface area contributed by atoms with E-state index in [4.69, 9.17) is 12.9 Å².